The SMILES string of the molecule is COc1cc(OC)cc(C(=O)C2CCCC(N)C2)c1. The summed E-state index contributed by atoms with van der Waals surface area (Å²) in [7, 11) is 3.17. The fourth-order valence-electron chi connectivity index (χ4n) is 2.65. The van der Waals surface area contributed by atoms with E-state index in [1.807, 2.05) is 0 Å². The molecule has 104 valence electrons. The summed E-state index contributed by atoms with van der Waals surface area (Å²) >= 11 is 0. The Balaban J connectivity index is 2.22. The number of hydrogen-bond donors (Lipinski definition) is 1. The van der Waals surface area contributed by atoms with Crippen LogP contribution in [0.3, 0.4) is 0 Å². The quantitative estimate of drug-likeness (QED) is 0.847. The molecule has 0 saturated heterocycles. The first-order chi connectivity index (χ1) is 9.13. The van der Waals surface area contributed by atoms with Crippen LogP contribution in [0.1, 0.15) is 36.0 Å². The van der Waals surface area contributed by atoms with Gasteiger partial charge in [-0.2, -0.15) is 0 Å². The third-order valence-corrected chi connectivity index (χ3v) is 3.72. The first kappa shape index (κ1) is 13.9. The molecule has 0 aliphatic heterocycles. The Morgan fingerprint density at radius 1 is 1.16 bits per heavy atom. The van der Waals surface area contributed by atoms with Gasteiger partial charge in [-0.25, -0.2) is 0 Å². The van der Waals surface area contributed by atoms with Crippen molar-refractivity contribution >= 4 is 5.78 Å². The lowest BCUT2D eigenvalue weighted by molar-refractivity contribution is 0.0881. The molecular weight excluding hydrogens is 242 g/mol. The van der Waals surface area contributed by atoms with Crippen molar-refractivity contribution in [3.05, 3.63) is 23.8 Å². The van der Waals surface area contributed by atoms with Crippen molar-refractivity contribution in [2.45, 2.75) is 31.7 Å². The minimum absolute atomic E-state index is 0.0283. The van der Waals surface area contributed by atoms with Gasteiger partial charge in [-0.05, 0) is 31.4 Å². The van der Waals surface area contributed by atoms with E-state index in [-0.39, 0.29) is 17.7 Å². The van der Waals surface area contributed by atoms with Crippen molar-refractivity contribution in [3.63, 3.8) is 0 Å². The Kier molecular flexibility index (Phi) is 4.43. The van der Waals surface area contributed by atoms with E-state index >= 15 is 0 Å². The Morgan fingerprint density at radius 2 is 1.79 bits per heavy atom. The largest absolute Gasteiger partial charge is 0.497 e. The first-order valence-electron chi connectivity index (χ1n) is 6.67. The number of ether oxygens (including phenoxy) is 2. The molecule has 1 aliphatic rings. The molecule has 2 N–H and O–H groups in total. The Hall–Kier alpha value is -1.55. The molecule has 4 nitrogen and oxygen atoms in total. The molecule has 0 radical (unpaired) electrons. The molecule has 1 aliphatic carbocycles. The standard InChI is InChI=1S/C15H21NO3/c1-18-13-7-11(8-14(9-13)19-2)15(17)10-4-3-5-12(16)6-10/h7-10,12H,3-6,16H2,1-2H3. The van der Waals surface area contributed by atoms with Crippen LogP contribution in [-0.4, -0.2) is 26.0 Å². The van der Waals surface area contributed by atoms with E-state index < -0.39 is 0 Å². The van der Waals surface area contributed by atoms with Gasteiger partial charge in [-0.1, -0.05) is 6.42 Å². The molecule has 0 bridgehead atoms. The van der Waals surface area contributed by atoms with Crippen LogP contribution in [0, 0.1) is 5.92 Å². The maximum Gasteiger partial charge on any atom is 0.166 e. The number of ketones is 1. The van der Waals surface area contributed by atoms with Gasteiger partial charge in [0.2, 0.25) is 0 Å². The zero-order chi connectivity index (χ0) is 13.8. The molecule has 0 amide bonds. The highest BCUT2D eigenvalue weighted by atomic mass is 16.5. The van der Waals surface area contributed by atoms with Gasteiger partial charge in [0.25, 0.3) is 0 Å². The van der Waals surface area contributed by atoms with E-state index in [4.69, 9.17) is 15.2 Å². The van der Waals surface area contributed by atoms with Crippen LogP contribution in [0.15, 0.2) is 18.2 Å². The van der Waals surface area contributed by atoms with Crippen LogP contribution < -0.4 is 15.2 Å². The van der Waals surface area contributed by atoms with Gasteiger partial charge in [-0.15, -0.1) is 0 Å². The van der Waals surface area contributed by atoms with E-state index in [0.29, 0.717) is 17.1 Å². The Morgan fingerprint density at radius 3 is 2.32 bits per heavy atom. The summed E-state index contributed by atoms with van der Waals surface area (Å²) in [6.45, 7) is 0. The average molecular weight is 263 g/mol. The Labute approximate surface area is 113 Å². The maximum atomic E-state index is 12.5. The van der Waals surface area contributed by atoms with Crippen molar-refractivity contribution in [2.75, 3.05) is 14.2 Å². The molecule has 0 heterocycles. The summed E-state index contributed by atoms with van der Waals surface area (Å²) in [6, 6.07) is 5.45. The zero-order valence-corrected chi connectivity index (χ0v) is 11.5. The third-order valence-electron chi connectivity index (χ3n) is 3.72. The van der Waals surface area contributed by atoms with Crippen molar-refractivity contribution in [3.8, 4) is 11.5 Å². The average Bonchev–Trinajstić information content (AvgIpc) is 2.45. The fraction of sp³-hybridized carbons (Fsp3) is 0.533. The minimum Gasteiger partial charge on any atom is -0.497 e. The van der Waals surface area contributed by atoms with Crippen LogP contribution in [0.5, 0.6) is 11.5 Å². The fourth-order valence-corrected chi connectivity index (χ4v) is 2.65. The smallest absolute Gasteiger partial charge is 0.166 e. The highest BCUT2D eigenvalue weighted by molar-refractivity contribution is 5.98. The highest BCUT2D eigenvalue weighted by Crippen LogP contribution is 2.29. The minimum atomic E-state index is 0.0283. The molecule has 1 fully saturated rings. The van der Waals surface area contributed by atoms with Gasteiger partial charge in [-0.3, -0.25) is 4.79 Å². The van der Waals surface area contributed by atoms with E-state index in [9.17, 15) is 4.79 Å². The monoisotopic (exact) mass is 263 g/mol. The first-order valence-corrected chi connectivity index (χ1v) is 6.67. The summed E-state index contributed by atoms with van der Waals surface area (Å²) in [4.78, 5) is 12.5. The number of Topliss-reactive ketones (excluding diaryl/α,β-unsaturated/α-hetero) is 1. The summed E-state index contributed by atoms with van der Waals surface area (Å²) in [6.07, 6.45) is 3.74. The molecular formula is C15H21NO3. The number of rotatable bonds is 4. The van der Waals surface area contributed by atoms with Crippen LogP contribution in [-0.2, 0) is 0 Å². The second kappa shape index (κ2) is 6.06. The Bertz CT molecular complexity index is 436. The van der Waals surface area contributed by atoms with Crippen LogP contribution in [0.2, 0.25) is 0 Å². The van der Waals surface area contributed by atoms with Crippen LogP contribution in [0.4, 0.5) is 0 Å². The van der Waals surface area contributed by atoms with E-state index in [1.165, 1.54) is 0 Å². The molecule has 19 heavy (non-hydrogen) atoms. The van der Waals surface area contributed by atoms with Gasteiger partial charge in [0, 0.05) is 23.6 Å². The number of methoxy groups -OCH3 is 2. The number of hydrogen-bond acceptors (Lipinski definition) is 4. The summed E-state index contributed by atoms with van der Waals surface area (Å²) in [5.74, 6) is 1.46. The molecule has 4 heteroatoms. The topological polar surface area (TPSA) is 61.5 Å². The lowest BCUT2D eigenvalue weighted by atomic mass is 9.81. The zero-order valence-electron chi connectivity index (χ0n) is 11.5. The molecule has 2 rings (SSSR count). The van der Waals surface area contributed by atoms with Gasteiger partial charge in [0.05, 0.1) is 14.2 Å². The van der Waals surface area contributed by atoms with Crippen LogP contribution in [0.25, 0.3) is 0 Å². The van der Waals surface area contributed by atoms with Gasteiger partial charge < -0.3 is 15.2 Å². The molecule has 1 saturated carbocycles. The second-order valence-corrected chi connectivity index (χ2v) is 5.09. The predicted octanol–water partition coefficient (Wildman–Crippen LogP) is 2.40. The van der Waals surface area contributed by atoms with E-state index in [0.717, 1.165) is 25.7 Å². The van der Waals surface area contributed by atoms with Gasteiger partial charge >= 0.3 is 0 Å². The van der Waals surface area contributed by atoms with E-state index in [1.54, 1.807) is 32.4 Å². The van der Waals surface area contributed by atoms with Gasteiger partial charge in [0.15, 0.2) is 5.78 Å². The van der Waals surface area contributed by atoms with Crippen LogP contribution >= 0.6 is 0 Å². The molecule has 0 aromatic heterocycles. The number of carbonyl (C=O) groups excluding carboxylic acids is 1. The number of benzene rings is 1. The van der Waals surface area contributed by atoms with E-state index in [2.05, 4.69) is 0 Å². The number of carbonyl (C=O) groups is 1. The van der Waals surface area contributed by atoms with Crippen molar-refractivity contribution in [1.29, 1.82) is 0 Å². The van der Waals surface area contributed by atoms with Gasteiger partial charge in [0.1, 0.15) is 11.5 Å². The lowest BCUT2D eigenvalue weighted by Gasteiger charge is -2.25. The highest BCUT2D eigenvalue weighted by Gasteiger charge is 2.26. The molecule has 0 spiro atoms. The normalized spacial score (nSPS) is 22.9. The molecule has 2 atom stereocenters. The summed E-state index contributed by atoms with van der Waals surface area (Å²) < 4.78 is 10.4. The van der Waals surface area contributed by atoms with Crippen molar-refractivity contribution in [1.82, 2.24) is 0 Å². The maximum absolute atomic E-state index is 12.5. The van der Waals surface area contributed by atoms with Crippen molar-refractivity contribution < 1.29 is 14.3 Å². The third kappa shape index (κ3) is 3.26. The predicted molar refractivity (Wildman–Crippen MR) is 73.8 cm³/mol. The second-order valence-electron chi connectivity index (χ2n) is 5.09. The summed E-state index contributed by atoms with van der Waals surface area (Å²) in [5, 5.41) is 0. The molecule has 1 aromatic carbocycles. The lowest BCUT2D eigenvalue weighted by Crippen LogP contribution is -2.31. The summed E-state index contributed by atoms with van der Waals surface area (Å²) in [5.41, 5.74) is 6.60. The van der Waals surface area contributed by atoms with Crippen molar-refractivity contribution in [2.24, 2.45) is 11.7 Å². The number of nitrogens with two attached hydrogens (primary N) is 1. The molecule has 2 unspecified atom stereocenters. The molecule has 1 aromatic rings.